The molecule has 3 aromatic rings. The third-order valence-electron chi connectivity index (χ3n) is 6.65. The van der Waals surface area contributed by atoms with Gasteiger partial charge in [-0.25, -0.2) is 4.98 Å². The number of fused-ring (bicyclic) bond motifs is 3. The van der Waals surface area contributed by atoms with Crippen LogP contribution in [-0.2, 0) is 11.2 Å². The highest BCUT2D eigenvalue weighted by Crippen LogP contribution is 2.37. The number of ether oxygens (including phenoxy) is 1. The summed E-state index contributed by atoms with van der Waals surface area (Å²) in [5.74, 6) is 1.60. The van der Waals surface area contributed by atoms with E-state index in [1.54, 1.807) is 11.3 Å². The van der Waals surface area contributed by atoms with Crippen molar-refractivity contribution in [2.45, 2.75) is 37.8 Å². The van der Waals surface area contributed by atoms with Crippen LogP contribution >= 0.6 is 11.3 Å². The summed E-state index contributed by atoms with van der Waals surface area (Å²) in [4.78, 5) is 21.7. The second kappa shape index (κ2) is 7.36. The number of carbonyl (C=O) groups excluding carboxylic acids is 1. The molecule has 154 valence electrons. The smallest absolute Gasteiger partial charge is 0.279 e. The number of piperazine rings is 1. The van der Waals surface area contributed by atoms with E-state index in [0.717, 1.165) is 61.3 Å². The zero-order valence-corrected chi connectivity index (χ0v) is 17.7. The summed E-state index contributed by atoms with van der Waals surface area (Å²) in [6, 6.07) is 17.5. The minimum Gasteiger partial charge on any atom is -0.431 e. The van der Waals surface area contributed by atoms with Crippen molar-refractivity contribution in [1.29, 1.82) is 0 Å². The van der Waals surface area contributed by atoms with E-state index in [2.05, 4.69) is 33.0 Å². The molecule has 1 aliphatic carbocycles. The first kappa shape index (κ1) is 18.3. The van der Waals surface area contributed by atoms with E-state index in [1.807, 2.05) is 30.3 Å². The van der Waals surface area contributed by atoms with E-state index >= 15 is 0 Å². The Hall–Kier alpha value is -2.44. The first-order valence-electron chi connectivity index (χ1n) is 10.9. The van der Waals surface area contributed by atoms with E-state index in [4.69, 9.17) is 4.74 Å². The molecular formula is C24H25N3O2S. The van der Waals surface area contributed by atoms with E-state index in [-0.39, 0.29) is 0 Å². The Balaban J connectivity index is 1.03. The molecular weight excluding hydrogens is 394 g/mol. The molecule has 30 heavy (non-hydrogen) atoms. The van der Waals surface area contributed by atoms with E-state index < -0.39 is 0 Å². The minimum absolute atomic E-state index is 0.348. The van der Waals surface area contributed by atoms with E-state index in [9.17, 15) is 4.79 Å². The molecule has 2 unspecified atom stereocenters. The summed E-state index contributed by atoms with van der Waals surface area (Å²) >= 11 is 1.57. The minimum atomic E-state index is 0.348. The first-order chi connectivity index (χ1) is 14.7. The quantitative estimate of drug-likeness (QED) is 0.597. The maximum atomic E-state index is 12.4. The molecule has 2 atom stereocenters. The molecule has 2 aliphatic heterocycles. The number of aromatic nitrogens is 1. The van der Waals surface area contributed by atoms with E-state index in [1.165, 1.54) is 5.56 Å². The molecule has 2 saturated heterocycles. The summed E-state index contributed by atoms with van der Waals surface area (Å²) in [6.07, 6.45) is 4.40. The van der Waals surface area contributed by atoms with Crippen LogP contribution in [0.2, 0.25) is 0 Å². The van der Waals surface area contributed by atoms with Gasteiger partial charge in [0, 0.05) is 37.6 Å². The van der Waals surface area contributed by atoms with Gasteiger partial charge < -0.3 is 9.64 Å². The number of hydrogen-bond acceptors (Lipinski definition) is 5. The van der Waals surface area contributed by atoms with Crippen LogP contribution in [0.1, 0.15) is 24.8 Å². The van der Waals surface area contributed by atoms with Crippen molar-refractivity contribution in [3.8, 4) is 10.9 Å². The molecule has 0 N–H and O–H groups in total. The monoisotopic (exact) mass is 419 g/mol. The van der Waals surface area contributed by atoms with Crippen molar-refractivity contribution in [2.24, 2.45) is 5.92 Å². The van der Waals surface area contributed by atoms with Crippen LogP contribution < -0.4 is 4.74 Å². The average Bonchev–Trinajstić information content (AvgIpc) is 3.24. The van der Waals surface area contributed by atoms with Crippen molar-refractivity contribution in [3.63, 3.8) is 0 Å². The van der Waals surface area contributed by atoms with Gasteiger partial charge in [0.15, 0.2) is 0 Å². The predicted octanol–water partition coefficient (Wildman–Crippen LogP) is 4.33. The molecule has 0 spiro atoms. The van der Waals surface area contributed by atoms with Crippen LogP contribution in [0, 0.1) is 5.92 Å². The van der Waals surface area contributed by atoms with Gasteiger partial charge in [-0.2, -0.15) is 0 Å². The molecule has 2 aromatic carbocycles. The third kappa shape index (κ3) is 3.48. The molecule has 5 nitrogen and oxygen atoms in total. The highest BCUT2D eigenvalue weighted by atomic mass is 32.1. The number of carbonyl (C=O) groups is 1. The normalized spacial score (nSPS) is 23.4. The SMILES string of the molecule is O=C(C1CC1)N1CC2CC1CN2CCc1ccc(Oc2nc3ccccc3s2)cc1. The largest absolute Gasteiger partial charge is 0.431 e. The van der Waals surface area contributed by atoms with Crippen molar-refractivity contribution >= 4 is 27.5 Å². The Bertz CT molecular complexity index is 1040. The Morgan fingerprint density at radius 2 is 1.90 bits per heavy atom. The number of benzene rings is 2. The molecule has 6 rings (SSSR count). The standard InChI is InChI=1S/C24H25N3O2S/c28-23(17-7-8-17)27-15-18-13-19(27)14-26(18)12-11-16-5-9-20(10-6-16)29-24-25-21-3-1-2-4-22(21)30-24/h1-6,9-10,17-19H,7-8,11-15H2. The van der Waals surface area contributed by atoms with Gasteiger partial charge in [-0.05, 0) is 55.5 Å². The molecule has 6 heteroatoms. The second-order valence-electron chi connectivity index (χ2n) is 8.75. The van der Waals surface area contributed by atoms with Crippen LogP contribution in [0.4, 0.5) is 0 Å². The molecule has 1 saturated carbocycles. The summed E-state index contributed by atoms with van der Waals surface area (Å²) in [6.45, 7) is 3.04. The number of rotatable bonds is 6. The lowest BCUT2D eigenvalue weighted by atomic mass is 10.1. The Kier molecular flexibility index (Phi) is 4.50. The van der Waals surface area contributed by atoms with Gasteiger partial charge in [-0.1, -0.05) is 35.6 Å². The van der Waals surface area contributed by atoms with Gasteiger partial charge in [0.25, 0.3) is 5.19 Å². The van der Waals surface area contributed by atoms with Crippen LogP contribution in [0.3, 0.4) is 0 Å². The number of nitrogens with zero attached hydrogens (tertiary/aromatic N) is 3. The average molecular weight is 420 g/mol. The fraction of sp³-hybridized carbons (Fsp3) is 0.417. The van der Waals surface area contributed by atoms with Gasteiger partial charge in [-0.3, -0.25) is 9.69 Å². The highest BCUT2D eigenvalue weighted by Gasteiger charge is 2.47. The van der Waals surface area contributed by atoms with Crippen LogP contribution in [-0.4, -0.2) is 52.4 Å². The predicted molar refractivity (Wildman–Crippen MR) is 118 cm³/mol. The molecule has 1 amide bonds. The van der Waals surface area contributed by atoms with Crippen LogP contribution in [0.15, 0.2) is 48.5 Å². The fourth-order valence-electron chi connectivity index (χ4n) is 4.85. The van der Waals surface area contributed by atoms with Crippen molar-refractivity contribution in [3.05, 3.63) is 54.1 Å². The maximum Gasteiger partial charge on any atom is 0.279 e. The lowest BCUT2D eigenvalue weighted by Crippen LogP contribution is -2.49. The molecule has 1 aromatic heterocycles. The lowest BCUT2D eigenvalue weighted by molar-refractivity contribution is -0.134. The number of thiazole rings is 1. The Labute approximate surface area is 180 Å². The maximum absolute atomic E-state index is 12.4. The summed E-state index contributed by atoms with van der Waals surface area (Å²) in [5, 5.41) is 0.683. The summed E-state index contributed by atoms with van der Waals surface area (Å²) < 4.78 is 7.09. The molecule has 2 bridgehead atoms. The van der Waals surface area contributed by atoms with Gasteiger partial charge in [-0.15, -0.1) is 0 Å². The Morgan fingerprint density at radius 1 is 1.07 bits per heavy atom. The topological polar surface area (TPSA) is 45.7 Å². The Morgan fingerprint density at radius 3 is 2.63 bits per heavy atom. The second-order valence-corrected chi connectivity index (χ2v) is 9.74. The van der Waals surface area contributed by atoms with Gasteiger partial charge in [0.2, 0.25) is 5.91 Å². The zero-order valence-electron chi connectivity index (χ0n) is 16.9. The summed E-state index contributed by atoms with van der Waals surface area (Å²) in [5.41, 5.74) is 2.30. The summed E-state index contributed by atoms with van der Waals surface area (Å²) in [7, 11) is 0. The number of amides is 1. The van der Waals surface area contributed by atoms with Gasteiger partial charge in [0.05, 0.1) is 10.2 Å². The van der Waals surface area contributed by atoms with Gasteiger partial charge in [0.1, 0.15) is 5.75 Å². The molecule has 0 radical (unpaired) electrons. The highest BCUT2D eigenvalue weighted by molar-refractivity contribution is 7.20. The van der Waals surface area contributed by atoms with Crippen molar-refractivity contribution < 1.29 is 9.53 Å². The van der Waals surface area contributed by atoms with Gasteiger partial charge >= 0.3 is 0 Å². The molecule has 3 heterocycles. The zero-order chi connectivity index (χ0) is 20.1. The van der Waals surface area contributed by atoms with Crippen LogP contribution in [0.5, 0.6) is 10.9 Å². The van der Waals surface area contributed by atoms with Crippen LogP contribution in [0.25, 0.3) is 10.2 Å². The third-order valence-corrected chi connectivity index (χ3v) is 7.57. The number of hydrogen-bond donors (Lipinski definition) is 0. The fourth-order valence-corrected chi connectivity index (χ4v) is 5.69. The number of likely N-dealkylation sites (tertiary alicyclic amines) is 2. The number of para-hydroxylation sites is 1. The van der Waals surface area contributed by atoms with E-state index in [0.29, 0.717) is 29.1 Å². The van der Waals surface area contributed by atoms with Crippen molar-refractivity contribution in [1.82, 2.24) is 14.8 Å². The lowest BCUT2D eigenvalue weighted by Gasteiger charge is -2.34. The molecule has 3 aliphatic rings. The first-order valence-corrected chi connectivity index (χ1v) is 11.7. The van der Waals surface area contributed by atoms with Crippen molar-refractivity contribution in [2.75, 3.05) is 19.6 Å². The molecule has 3 fully saturated rings.